The maximum atomic E-state index is 12.2. The first kappa shape index (κ1) is 16.6. The number of rotatable bonds is 6. The maximum Gasteiger partial charge on any atom is 0.240 e. The van der Waals surface area contributed by atoms with Gasteiger partial charge in [-0.1, -0.05) is 13.8 Å². The zero-order valence-corrected chi connectivity index (χ0v) is 12.8. The zero-order chi connectivity index (χ0) is 15.4. The van der Waals surface area contributed by atoms with Crippen molar-refractivity contribution in [3.63, 3.8) is 0 Å². The average molecular weight is 296 g/mol. The van der Waals surface area contributed by atoms with Crippen molar-refractivity contribution in [3.8, 4) is 6.07 Å². The van der Waals surface area contributed by atoms with Crippen LogP contribution in [0.2, 0.25) is 0 Å². The van der Waals surface area contributed by atoms with Gasteiger partial charge in [0.1, 0.15) is 0 Å². The number of hydrogen-bond donors (Lipinski definition) is 2. The second-order valence-corrected chi connectivity index (χ2v) is 7.29. The van der Waals surface area contributed by atoms with Gasteiger partial charge in [0.15, 0.2) is 0 Å². The third kappa shape index (κ3) is 4.30. The highest BCUT2D eigenvalue weighted by molar-refractivity contribution is 7.89. The Morgan fingerprint density at radius 3 is 2.55 bits per heavy atom. The molecule has 0 aliphatic heterocycles. The number of aliphatic hydroxyl groups is 1. The third-order valence-electron chi connectivity index (χ3n) is 3.12. The minimum atomic E-state index is -3.61. The largest absolute Gasteiger partial charge is 0.396 e. The van der Waals surface area contributed by atoms with Gasteiger partial charge in [-0.2, -0.15) is 5.26 Å². The van der Waals surface area contributed by atoms with E-state index < -0.39 is 10.0 Å². The molecule has 0 aliphatic carbocycles. The highest BCUT2D eigenvalue weighted by Crippen LogP contribution is 2.21. The van der Waals surface area contributed by atoms with E-state index in [-0.39, 0.29) is 23.5 Å². The van der Waals surface area contributed by atoms with Crippen molar-refractivity contribution in [2.45, 2.75) is 32.1 Å². The minimum Gasteiger partial charge on any atom is -0.396 e. The van der Waals surface area contributed by atoms with E-state index in [1.54, 1.807) is 13.0 Å². The van der Waals surface area contributed by atoms with E-state index in [1.807, 2.05) is 19.9 Å². The number of nitrogens with zero attached hydrogens (tertiary/aromatic N) is 1. The molecule has 2 N–H and O–H groups in total. The number of nitrogens with one attached hydrogen (secondary N) is 1. The fraction of sp³-hybridized carbons (Fsp3) is 0.500. The molecule has 110 valence electrons. The molecule has 0 spiro atoms. The SMILES string of the molecule is Cc1cc(C#N)ccc1S(=O)(=O)NCC(C)(C)CCO. The molecule has 0 bridgehead atoms. The van der Waals surface area contributed by atoms with Crippen LogP contribution in [0.1, 0.15) is 31.4 Å². The van der Waals surface area contributed by atoms with Crippen molar-refractivity contribution >= 4 is 10.0 Å². The highest BCUT2D eigenvalue weighted by Gasteiger charge is 2.23. The number of nitriles is 1. The van der Waals surface area contributed by atoms with Gasteiger partial charge in [-0.15, -0.1) is 0 Å². The van der Waals surface area contributed by atoms with Crippen LogP contribution >= 0.6 is 0 Å². The molecule has 0 saturated carbocycles. The van der Waals surface area contributed by atoms with Crippen LogP contribution in [0.25, 0.3) is 0 Å². The topological polar surface area (TPSA) is 90.2 Å². The van der Waals surface area contributed by atoms with Crippen LogP contribution in [0.4, 0.5) is 0 Å². The summed E-state index contributed by atoms with van der Waals surface area (Å²) in [5.74, 6) is 0. The summed E-state index contributed by atoms with van der Waals surface area (Å²) in [6, 6.07) is 6.45. The van der Waals surface area contributed by atoms with Crippen molar-refractivity contribution in [1.82, 2.24) is 4.72 Å². The summed E-state index contributed by atoms with van der Waals surface area (Å²) in [6.07, 6.45) is 0.516. The number of benzene rings is 1. The molecule has 5 nitrogen and oxygen atoms in total. The molecule has 20 heavy (non-hydrogen) atoms. The van der Waals surface area contributed by atoms with Crippen LogP contribution in [-0.2, 0) is 10.0 Å². The fourth-order valence-corrected chi connectivity index (χ4v) is 3.25. The summed E-state index contributed by atoms with van der Waals surface area (Å²) >= 11 is 0. The molecule has 0 unspecified atom stereocenters. The van der Waals surface area contributed by atoms with Gasteiger partial charge in [-0.25, -0.2) is 13.1 Å². The third-order valence-corrected chi connectivity index (χ3v) is 4.68. The van der Waals surface area contributed by atoms with E-state index in [4.69, 9.17) is 10.4 Å². The first-order valence-corrected chi connectivity index (χ1v) is 7.81. The molecule has 0 saturated heterocycles. The molecular formula is C14H20N2O3S. The molecule has 6 heteroatoms. The molecule has 1 aromatic rings. The lowest BCUT2D eigenvalue weighted by atomic mass is 9.90. The van der Waals surface area contributed by atoms with Crippen LogP contribution in [0.15, 0.2) is 23.1 Å². The van der Waals surface area contributed by atoms with Crippen LogP contribution in [-0.4, -0.2) is 26.7 Å². The van der Waals surface area contributed by atoms with Gasteiger partial charge in [-0.05, 0) is 42.5 Å². The molecule has 0 amide bonds. The Labute approximate surface area is 120 Å². The number of aryl methyl sites for hydroxylation is 1. The van der Waals surface area contributed by atoms with Crippen molar-refractivity contribution in [2.24, 2.45) is 5.41 Å². The Hall–Kier alpha value is -1.42. The molecule has 0 heterocycles. The maximum absolute atomic E-state index is 12.2. The van der Waals surface area contributed by atoms with Gasteiger partial charge in [-0.3, -0.25) is 0 Å². The monoisotopic (exact) mass is 296 g/mol. The molecular weight excluding hydrogens is 276 g/mol. The first-order valence-electron chi connectivity index (χ1n) is 6.33. The highest BCUT2D eigenvalue weighted by atomic mass is 32.2. The zero-order valence-electron chi connectivity index (χ0n) is 12.0. The molecule has 0 aromatic heterocycles. The normalized spacial score (nSPS) is 12.2. The van der Waals surface area contributed by atoms with Gasteiger partial charge in [0.2, 0.25) is 10.0 Å². The first-order chi connectivity index (χ1) is 9.22. The van der Waals surface area contributed by atoms with Gasteiger partial charge in [0.05, 0.1) is 16.5 Å². The molecule has 0 radical (unpaired) electrons. The van der Waals surface area contributed by atoms with Crippen molar-refractivity contribution in [3.05, 3.63) is 29.3 Å². The van der Waals surface area contributed by atoms with Crippen molar-refractivity contribution in [1.29, 1.82) is 5.26 Å². The summed E-state index contributed by atoms with van der Waals surface area (Å²) in [5, 5.41) is 17.7. The van der Waals surface area contributed by atoms with Crippen molar-refractivity contribution < 1.29 is 13.5 Å². The van der Waals surface area contributed by atoms with E-state index in [0.717, 1.165) is 0 Å². The summed E-state index contributed by atoms with van der Waals surface area (Å²) < 4.78 is 27.1. The second-order valence-electron chi connectivity index (χ2n) is 5.55. The summed E-state index contributed by atoms with van der Waals surface area (Å²) in [5.41, 5.74) is 0.654. The Bertz CT molecular complexity index is 616. The Kier molecular flexibility index (Phi) is 5.28. The van der Waals surface area contributed by atoms with Crippen LogP contribution in [0.5, 0.6) is 0 Å². The lowest BCUT2D eigenvalue weighted by Crippen LogP contribution is -2.34. The van der Waals surface area contributed by atoms with Gasteiger partial charge in [0.25, 0.3) is 0 Å². The van der Waals surface area contributed by atoms with E-state index in [0.29, 0.717) is 17.5 Å². The van der Waals surface area contributed by atoms with Crippen molar-refractivity contribution in [2.75, 3.05) is 13.2 Å². The van der Waals surface area contributed by atoms with Crippen LogP contribution < -0.4 is 4.72 Å². The Morgan fingerprint density at radius 1 is 1.40 bits per heavy atom. The minimum absolute atomic E-state index is 0.0185. The quantitative estimate of drug-likeness (QED) is 0.833. The van der Waals surface area contributed by atoms with E-state index >= 15 is 0 Å². The van der Waals surface area contributed by atoms with Gasteiger partial charge >= 0.3 is 0 Å². The van der Waals surface area contributed by atoms with Gasteiger partial charge < -0.3 is 5.11 Å². The van der Waals surface area contributed by atoms with E-state index in [1.165, 1.54) is 12.1 Å². The predicted molar refractivity (Wildman–Crippen MR) is 76.6 cm³/mol. The van der Waals surface area contributed by atoms with Gasteiger partial charge in [0, 0.05) is 13.2 Å². The molecule has 0 fully saturated rings. The molecule has 0 aliphatic rings. The summed E-state index contributed by atoms with van der Waals surface area (Å²) in [6.45, 7) is 5.70. The van der Waals surface area contributed by atoms with Crippen LogP contribution in [0, 0.1) is 23.7 Å². The molecule has 1 aromatic carbocycles. The summed E-state index contributed by atoms with van der Waals surface area (Å²) in [7, 11) is -3.61. The smallest absolute Gasteiger partial charge is 0.240 e. The standard InChI is InChI=1S/C14H20N2O3S/c1-11-8-12(9-15)4-5-13(11)20(18,19)16-10-14(2,3)6-7-17/h4-5,8,16-17H,6-7,10H2,1-3H3. The lowest BCUT2D eigenvalue weighted by Gasteiger charge is -2.24. The number of sulfonamides is 1. The molecule has 0 atom stereocenters. The second kappa shape index (κ2) is 6.35. The Morgan fingerprint density at radius 2 is 2.05 bits per heavy atom. The lowest BCUT2D eigenvalue weighted by molar-refractivity contribution is 0.213. The summed E-state index contributed by atoms with van der Waals surface area (Å²) in [4.78, 5) is 0.177. The van der Waals surface area contributed by atoms with E-state index in [2.05, 4.69) is 4.72 Å². The fourth-order valence-electron chi connectivity index (χ4n) is 1.78. The Balaban J connectivity index is 2.93. The number of hydrogen-bond acceptors (Lipinski definition) is 4. The molecule has 1 rings (SSSR count). The predicted octanol–water partition coefficient (Wildman–Crippen LogP) is 1.55. The van der Waals surface area contributed by atoms with E-state index in [9.17, 15) is 8.42 Å². The average Bonchev–Trinajstić information content (AvgIpc) is 2.36. The van der Waals surface area contributed by atoms with Crippen LogP contribution in [0.3, 0.4) is 0 Å². The number of aliphatic hydroxyl groups excluding tert-OH is 1.